The van der Waals surface area contributed by atoms with Gasteiger partial charge in [-0.2, -0.15) is 0 Å². The van der Waals surface area contributed by atoms with E-state index >= 15 is 0 Å². The molecule has 0 radical (unpaired) electrons. The lowest BCUT2D eigenvalue weighted by atomic mass is 10.0. The number of furan rings is 1. The summed E-state index contributed by atoms with van der Waals surface area (Å²) in [5, 5.41) is 0. The lowest BCUT2D eigenvalue weighted by molar-refractivity contribution is 0.0994. The normalized spacial score (nSPS) is 14.3. The molecule has 0 bridgehead atoms. The van der Waals surface area contributed by atoms with E-state index in [0.29, 0.717) is 6.42 Å². The second kappa shape index (κ2) is 3.09. The highest BCUT2D eigenvalue weighted by atomic mass is 16.3. The number of Topliss-reactive ketones (excluding diaryl/α,β-unsaturated/α-hetero) is 1. The summed E-state index contributed by atoms with van der Waals surface area (Å²) in [5.74, 6) is 1.10. The van der Waals surface area contributed by atoms with Crippen molar-refractivity contribution < 1.29 is 9.21 Å². The van der Waals surface area contributed by atoms with E-state index in [2.05, 4.69) is 0 Å². The number of hydrogen-bond donors (Lipinski definition) is 0. The first-order chi connectivity index (χ1) is 7.36. The van der Waals surface area contributed by atoms with E-state index in [1.807, 2.05) is 30.3 Å². The third kappa shape index (κ3) is 1.22. The number of rotatable bonds is 1. The molecule has 1 aromatic heterocycles. The van der Waals surface area contributed by atoms with Crippen molar-refractivity contribution in [2.24, 2.45) is 0 Å². The minimum Gasteiger partial charge on any atom is -0.464 e. The van der Waals surface area contributed by atoms with Gasteiger partial charge in [-0.3, -0.25) is 4.79 Å². The first-order valence-electron chi connectivity index (χ1n) is 5.05. The summed E-state index contributed by atoms with van der Waals surface area (Å²) in [6.07, 6.45) is 3.13. The maximum atomic E-state index is 11.6. The summed E-state index contributed by atoms with van der Waals surface area (Å²) in [4.78, 5) is 11.6. The molecule has 0 spiro atoms. The largest absolute Gasteiger partial charge is 0.464 e. The van der Waals surface area contributed by atoms with E-state index in [1.54, 1.807) is 6.26 Å². The molecular formula is C13H10O2. The van der Waals surface area contributed by atoms with Crippen molar-refractivity contribution in [2.75, 3.05) is 0 Å². The number of hydrogen-bond acceptors (Lipinski definition) is 2. The molecule has 1 aromatic carbocycles. The van der Waals surface area contributed by atoms with E-state index in [4.69, 9.17) is 4.42 Å². The van der Waals surface area contributed by atoms with Crippen LogP contribution < -0.4 is 0 Å². The van der Waals surface area contributed by atoms with Crippen LogP contribution in [0.1, 0.15) is 22.3 Å². The molecule has 1 aliphatic rings. The van der Waals surface area contributed by atoms with Crippen molar-refractivity contribution in [3.05, 3.63) is 47.7 Å². The van der Waals surface area contributed by atoms with Gasteiger partial charge in [-0.15, -0.1) is 0 Å². The molecule has 74 valence electrons. The molecule has 0 N–H and O–H groups in total. The highest BCUT2D eigenvalue weighted by Gasteiger charge is 2.22. The van der Waals surface area contributed by atoms with Crippen molar-refractivity contribution >= 4 is 5.78 Å². The molecule has 1 heterocycles. The molecule has 0 aliphatic heterocycles. The zero-order valence-electron chi connectivity index (χ0n) is 8.19. The Bertz CT molecular complexity index is 509. The second-order valence-electron chi connectivity index (χ2n) is 3.73. The van der Waals surface area contributed by atoms with Crippen LogP contribution in [0.25, 0.3) is 11.3 Å². The molecule has 2 nitrogen and oxygen atoms in total. The molecule has 15 heavy (non-hydrogen) atoms. The summed E-state index contributed by atoms with van der Waals surface area (Å²) in [7, 11) is 0. The highest BCUT2D eigenvalue weighted by molar-refractivity contribution is 6.02. The predicted molar refractivity (Wildman–Crippen MR) is 56.8 cm³/mol. The average Bonchev–Trinajstić information content (AvgIpc) is 2.88. The molecule has 0 atom stereocenters. The van der Waals surface area contributed by atoms with Gasteiger partial charge in [-0.05, 0) is 24.1 Å². The van der Waals surface area contributed by atoms with Gasteiger partial charge in [-0.25, -0.2) is 0 Å². The lowest BCUT2D eigenvalue weighted by Gasteiger charge is -2.03. The Morgan fingerprint density at radius 1 is 1.00 bits per heavy atom. The molecule has 0 fully saturated rings. The average molecular weight is 198 g/mol. The monoisotopic (exact) mass is 198 g/mol. The standard InChI is InChI=1S/C13H10O2/c14-12-7-6-9-10(12)3-1-4-11(9)13-5-2-8-15-13/h1-5,8H,6-7H2. The Balaban J connectivity index is 2.23. The predicted octanol–water partition coefficient (Wildman–Crippen LogP) is 3.08. The topological polar surface area (TPSA) is 30.2 Å². The molecule has 2 aromatic rings. The van der Waals surface area contributed by atoms with E-state index < -0.39 is 0 Å². The van der Waals surface area contributed by atoms with Crippen LogP contribution in [0.2, 0.25) is 0 Å². The van der Waals surface area contributed by atoms with Crippen molar-refractivity contribution in [1.29, 1.82) is 0 Å². The molecule has 0 unspecified atom stereocenters. The lowest BCUT2D eigenvalue weighted by Crippen LogP contribution is -1.91. The van der Waals surface area contributed by atoms with Gasteiger partial charge < -0.3 is 4.42 Å². The van der Waals surface area contributed by atoms with Crippen LogP contribution in [0.15, 0.2) is 41.0 Å². The van der Waals surface area contributed by atoms with Gasteiger partial charge in [0.25, 0.3) is 0 Å². The Hall–Kier alpha value is -1.83. The number of carbonyl (C=O) groups is 1. The summed E-state index contributed by atoms with van der Waals surface area (Å²) in [5.41, 5.74) is 3.06. The van der Waals surface area contributed by atoms with Crippen LogP contribution in [0.3, 0.4) is 0 Å². The van der Waals surface area contributed by atoms with Crippen LogP contribution in [-0.2, 0) is 6.42 Å². The molecule has 0 amide bonds. The number of ketones is 1. The van der Waals surface area contributed by atoms with Crippen molar-refractivity contribution in [3.63, 3.8) is 0 Å². The van der Waals surface area contributed by atoms with Gasteiger partial charge in [0.15, 0.2) is 5.78 Å². The molecule has 3 rings (SSSR count). The van der Waals surface area contributed by atoms with Gasteiger partial charge in [0.2, 0.25) is 0 Å². The fourth-order valence-corrected chi connectivity index (χ4v) is 2.15. The van der Waals surface area contributed by atoms with E-state index in [0.717, 1.165) is 28.9 Å². The molecule has 1 aliphatic carbocycles. The molecular weight excluding hydrogens is 188 g/mol. The van der Waals surface area contributed by atoms with Gasteiger partial charge in [0.05, 0.1) is 6.26 Å². The molecule has 0 saturated heterocycles. The summed E-state index contributed by atoms with van der Waals surface area (Å²) >= 11 is 0. The smallest absolute Gasteiger partial charge is 0.163 e. The maximum absolute atomic E-state index is 11.6. The summed E-state index contributed by atoms with van der Waals surface area (Å²) in [6.45, 7) is 0. The first kappa shape index (κ1) is 8.48. The zero-order valence-corrected chi connectivity index (χ0v) is 8.19. The van der Waals surface area contributed by atoms with Gasteiger partial charge >= 0.3 is 0 Å². The number of fused-ring (bicyclic) bond motifs is 1. The van der Waals surface area contributed by atoms with E-state index in [1.165, 1.54) is 0 Å². The van der Waals surface area contributed by atoms with Crippen LogP contribution >= 0.6 is 0 Å². The zero-order chi connectivity index (χ0) is 10.3. The Morgan fingerprint density at radius 2 is 1.87 bits per heavy atom. The molecule has 0 saturated carbocycles. The SMILES string of the molecule is O=C1CCc2c1cccc2-c1ccco1. The third-order valence-electron chi connectivity index (χ3n) is 2.87. The second-order valence-corrected chi connectivity index (χ2v) is 3.73. The molecule has 2 heteroatoms. The van der Waals surface area contributed by atoms with Crippen LogP contribution in [-0.4, -0.2) is 5.78 Å². The fraction of sp³-hybridized carbons (Fsp3) is 0.154. The number of carbonyl (C=O) groups excluding carboxylic acids is 1. The van der Waals surface area contributed by atoms with Crippen molar-refractivity contribution in [2.45, 2.75) is 12.8 Å². The Morgan fingerprint density at radius 3 is 2.67 bits per heavy atom. The third-order valence-corrected chi connectivity index (χ3v) is 2.87. The minimum atomic E-state index is 0.249. The van der Waals surface area contributed by atoms with Crippen LogP contribution in [0, 0.1) is 0 Å². The van der Waals surface area contributed by atoms with Crippen LogP contribution in [0.5, 0.6) is 0 Å². The fourth-order valence-electron chi connectivity index (χ4n) is 2.15. The first-order valence-corrected chi connectivity index (χ1v) is 5.05. The Labute approximate surface area is 87.5 Å². The van der Waals surface area contributed by atoms with Gasteiger partial charge in [-0.1, -0.05) is 18.2 Å². The van der Waals surface area contributed by atoms with Crippen LogP contribution in [0.4, 0.5) is 0 Å². The van der Waals surface area contributed by atoms with Gasteiger partial charge in [0.1, 0.15) is 5.76 Å². The summed E-state index contributed by atoms with van der Waals surface area (Å²) in [6, 6.07) is 9.62. The quantitative estimate of drug-likeness (QED) is 0.704. The maximum Gasteiger partial charge on any atom is 0.163 e. The van der Waals surface area contributed by atoms with Gasteiger partial charge in [0, 0.05) is 17.5 Å². The Kier molecular flexibility index (Phi) is 1.75. The van der Waals surface area contributed by atoms with E-state index in [9.17, 15) is 4.79 Å². The number of benzene rings is 1. The summed E-state index contributed by atoms with van der Waals surface area (Å²) < 4.78 is 5.37. The van der Waals surface area contributed by atoms with E-state index in [-0.39, 0.29) is 5.78 Å². The van der Waals surface area contributed by atoms with Crippen molar-refractivity contribution in [1.82, 2.24) is 0 Å². The highest BCUT2D eigenvalue weighted by Crippen LogP contribution is 2.32. The minimum absolute atomic E-state index is 0.249. The van der Waals surface area contributed by atoms with Crippen molar-refractivity contribution in [3.8, 4) is 11.3 Å².